The molecule has 1 fully saturated rings. The molecular formula is C24H28N2O4S. The molecule has 0 aromatic heterocycles. The van der Waals surface area contributed by atoms with Crippen LogP contribution in [0.3, 0.4) is 0 Å². The van der Waals surface area contributed by atoms with E-state index in [1.165, 1.54) is 0 Å². The molecule has 1 amide bonds. The number of benzene rings is 2. The van der Waals surface area contributed by atoms with Crippen molar-refractivity contribution < 1.29 is 17.9 Å². The van der Waals surface area contributed by atoms with E-state index in [2.05, 4.69) is 0 Å². The summed E-state index contributed by atoms with van der Waals surface area (Å²) in [5.41, 5.74) is 2.59. The van der Waals surface area contributed by atoms with Gasteiger partial charge in [0.05, 0.1) is 12.0 Å². The number of sulfonamides is 1. The van der Waals surface area contributed by atoms with Gasteiger partial charge in [0.25, 0.3) is 5.91 Å². The van der Waals surface area contributed by atoms with Gasteiger partial charge in [0.2, 0.25) is 10.0 Å². The monoisotopic (exact) mass is 440 g/mol. The average molecular weight is 441 g/mol. The molecule has 31 heavy (non-hydrogen) atoms. The fourth-order valence-electron chi connectivity index (χ4n) is 4.32. The van der Waals surface area contributed by atoms with E-state index < -0.39 is 10.0 Å². The van der Waals surface area contributed by atoms with Crippen LogP contribution in [0.1, 0.15) is 37.3 Å². The predicted octanol–water partition coefficient (Wildman–Crippen LogP) is 3.86. The molecule has 1 saturated heterocycles. The molecule has 1 atom stereocenters. The van der Waals surface area contributed by atoms with Gasteiger partial charge >= 0.3 is 0 Å². The zero-order chi connectivity index (χ0) is 22.0. The minimum Gasteiger partial charge on any atom is -0.497 e. The summed E-state index contributed by atoms with van der Waals surface area (Å²) in [5, 5.41) is 0. The third-order valence-electron chi connectivity index (χ3n) is 5.99. The summed E-state index contributed by atoms with van der Waals surface area (Å²) in [6.45, 7) is 3.14. The van der Waals surface area contributed by atoms with Crippen LogP contribution in [0.5, 0.6) is 5.75 Å². The number of amides is 1. The second kappa shape index (κ2) is 8.85. The lowest BCUT2D eigenvalue weighted by Crippen LogP contribution is -2.35. The highest BCUT2D eigenvalue weighted by Crippen LogP contribution is 2.35. The number of hydrogen-bond acceptors (Lipinski definition) is 4. The first kappa shape index (κ1) is 21.6. The molecule has 2 heterocycles. The Kier molecular flexibility index (Phi) is 6.16. The number of fused-ring (bicyclic) bond motifs is 1. The van der Waals surface area contributed by atoms with Crippen LogP contribution in [0.25, 0.3) is 6.08 Å². The van der Waals surface area contributed by atoms with Crippen molar-refractivity contribution in [1.82, 2.24) is 4.31 Å². The Morgan fingerprint density at radius 2 is 1.77 bits per heavy atom. The topological polar surface area (TPSA) is 66.9 Å². The molecule has 6 nitrogen and oxygen atoms in total. The van der Waals surface area contributed by atoms with Gasteiger partial charge in [-0.15, -0.1) is 0 Å². The maximum Gasteiger partial charge on any atom is 0.251 e. The molecule has 164 valence electrons. The highest BCUT2D eigenvalue weighted by atomic mass is 32.2. The Morgan fingerprint density at radius 1 is 1.06 bits per heavy atom. The van der Waals surface area contributed by atoms with E-state index >= 15 is 0 Å². The molecule has 0 N–H and O–H groups in total. The van der Waals surface area contributed by atoms with Crippen LogP contribution >= 0.6 is 0 Å². The van der Waals surface area contributed by atoms with E-state index in [0.717, 1.165) is 41.8 Å². The van der Waals surface area contributed by atoms with Gasteiger partial charge in [-0.3, -0.25) is 4.79 Å². The normalized spacial score (nSPS) is 19.5. The van der Waals surface area contributed by atoms with Crippen LogP contribution in [0, 0.1) is 0 Å². The summed E-state index contributed by atoms with van der Waals surface area (Å²) in [7, 11) is -1.87. The third-order valence-corrected chi connectivity index (χ3v) is 7.89. The summed E-state index contributed by atoms with van der Waals surface area (Å²) < 4.78 is 32.8. The van der Waals surface area contributed by atoms with E-state index in [4.69, 9.17) is 4.74 Å². The maximum absolute atomic E-state index is 13.0. The Hall–Kier alpha value is -2.64. The average Bonchev–Trinajstić information content (AvgIpc) is 3.13. The standard InChI is InChI=1S/C24H28N2O4S/c1-18-16-20-17-22(31(28,29)25-14-4-3-5-15-25)11-12-23(20)26(18)24(27)13-8-19-6-9-21(30-2)10-7-19/h6-13,17-18H,3-5,14-16H2,1-2H3/b13-8+/t18-/m0/s1. The van der Waals surface area contributed by atoms with E-state index in [0.29, 0.717) is 24.4 Å². The summed E-state index contributed by atoms with van der Waals surface area (Å²) in [4.78, 5) is 15.0. The van der Waals surface area contributed by atoms with Crippen LogP contribution in [0.2, 0.25) is 0 Å². The smallest absolute Gasteiger partial charge is 0.251 e. The minimum absolute atomic E-state index is 0.0315. The minimum atomic E-state index is -3.49. The zero-order valence-electron chi connectivity index (χ0n) is 18.0. The Labute approximate surface area is 184 Å². The van der Waals surface area contributed by atoms with E-state index in [1.54, 1.807) is 46.7 Å². The molecule has 0 aliphatic carbocycles. The van der Waals surface area contributed by atoms with Gasteiger partial charge in [-0.1, -0.05) is 18.6 Å². The number of carbonyl (C=O) groups excluding carboxylic acids is 1. The lowest BCUT2D eigenvalue weighted by atomic mass is 10.1. The SMILES string of the molecule is COc1ccc(/C=C/C(=O)N2c3ccc(S(=O)(=O)N4CCCCC4)cc3C[C@@H]2C)cc1. The predicted molar refractivity (Wildman–Crippen MR) is 122 cm³/mol. The highest BCUT2D eigenvalue weighted by Gasteiger charge is 2.32. The number of carbonyl (C=O) groups is 1. The van der Waals surface area contributed by atoms with Crippen LogP contribution in [0.4, 0.5) is 5.69 Å². The summed E-state index contributed by atoms with van der Waals surface area (Å²) in [6.07, 6.45) is 6.87. The summed E-state index contributed by atoms with van der Waals surface area (Å²) in [5.74, 6) is 0.648. The maximum atomic E-state index is 13.0. The number of hydrogen-bond donors (Lipinski definition) is 0. The zero-order valence-corrected chi connectivity index (χ0v) is 18.8. The van der Waals surface area contributed by atoms with Gasteiger partial charge in [-0.25, -0.2) is 8.42 Å². The molecule has 0 spiro atoms. The van der Waals surface area contributed by atoms with Crippen molar-refractivity contribution in [3.63, 3.8) is 0 Å². The fraction of sp³-hybridized carbons (Fsp3) is 0.375. The van der Waals surface area contributed by atoms with Crippen LogP contribution in [0.15, 0.2) is 53.4 Å². The fourth-order valence-corrected chi connectivity index (χ4v) is 5.89. The van der Waals surface area contributed by atoms with E-state index in [-0.39, 0.29) is 11.9 Å². The van der Waals surface area contributed by atoms with Crippen LogP contribution < -0.4 is 9.64 Å². The van der Waals surface area contributed by atoms with Crippen molar-refractivity contribution in [2.45, 2.75) is 43.5 Å². The first-order chi connectivity index (χ1) is 14.9. The van der Waals surface area contributed by atoms with Crippen molar-refractivity contribution in [1.29, 1.82) is 0 Å². The number of nitrogens with zero attached hydrogens (tertiary/aromatic N) is 2. The molecule has 4 rings (SSSR count). The number of ether oxygens (including phenoxy) is 1. The number of piperidine rings is 1. The lowest BCUT2D eigenvalue weighted by Gasteiger charge is -2.26. The molecule has 0 saturated carbocycles. The molecule has 0 bridgehead atoms. The van der Waals surface area contributed by atoms with Crippen molar-refractivity contribution in [2.24, 2.45) is 0 Å². The van der Waals surface area contributed by atoms with Crippen molar-refractivity contribution in [2.75, 3.05) is 25.1 Å². The first-order valence-corrected chi connectivity index (χ1v) is 12.1. The molecule has 2 aliphatic heterocycles. The number of methoxy groups -OCH3 is 1. The summed E-state index contributed by atoms with van der Waals surface area (Å²) >= 11 is 0. The number of anilines is 1. The molecule has 0 radical (unpaired) electrons. The van der Waals surface area contributed by atoms with Gasteiger partial charge in [0.1, 0.15) is 5.75 Å². The van der Waals surface area contributed by atoms with E-state index in [1.807, 2.05) is 31.2 Å². The van der Waals surface area contributed by atoms with Crippen molar-refractivity contribution in [3.8, 4) is 5.75 Å². The van der Waals surface area contributed by atoms with Gasteiger partial charge in [0, 0.05) is 30.9 Å². The highest BCUT2D eigenvalue weighted by molar-refractivity contribution is 7.89. The van der Waals surface area contributed by atoms with Gasteiger partial charge < -0.3 is 9.64 Å². The van der Waals surface area contributed by atoms with Crippen LogP contribution in [-0.2, 0) is 21.2 Å². The third kappa shape index (κ3) is 4.38. The second-order valence-electron chi connectivity index (χ2n) is 8.12. The van der Waals surface area contributed by atoms with Crippen molar-refractivity contribution >= 4 is 27.7 Å². The molecule has 7 heteroatoms. The second-order valence-corrected chi connectivity index (χ2v) is 10.1. The van der Waals surface area contributed by atoms with Gasteiger partial charge in [-0.2, -0.15) is 4.31 Å². The van der Waals surface area contributed by atoms with E-state index in [9.17, 15) is 13.2 Å². The number of rotatable bonds is 5. The quantitative estimate of drug-likeness (QED) is 0.662. The van der Waals surface area contributed by atoms with Gasteiger partial charge in [0.15, 0.2) is 0 Å². The largest absolute Gasteiger partial charge is 0.497 e. The molecule has 2 aliphatic rings. The Balaban J connectivity index is 1.54. The van der Waals surface area contributed by atoms with Crippen LogP contribution in [-0.4, -0.2) is 44.9 Å². The first-order valence-electron chi connectivity index (χ1n) is 10.7. The summed E-state index contributed by atoms with van der Waals surface area (Å²) in [6, 6.07) is 12.6. The van der Waals surface area contributed by atoms with Gasteiger partial charge in [-0.05, 0) is 73.7 Å². The Morgan fingerprint density at radius 3 is 2.45 bits per heavy atom. The molecular weight excluding hydrogens is 412 g/mol. The molecule has 2 aromatic carbocycles. The molecule has 0 unspecified atom stereocenters. The van der Waals surface area contributed by atoms with Crippen molar-refractivity contribution in [3.05, 3.63) is 59.7 Å². The Bertz CT molecular complexity index is 1090. The lowest BCUT2D eigenvalue weighted by molar-refractivity contribution is -0.114. The molecule has 2 aromatic rings.